The van der Waals surface area contributed by atoms with Crippen molar-refractivity contribution in [1.29, 1.82) is 0 Å². The SMILES string of the molecule is O=C(NO)c1ccc2c(c1)OC[C@H](c1ccccc1)N(C(=O)N1CCNCC1)C2. The smallest absolute Gasteiger partial charge is 0.321 e. The third-order valence-corrected chi connectivity index (χ3v) is 5.36. The molecule has 2 heterocycles. The number of piperazine rings is 1. The van der Waals surface area contributed by atoms with Crippen LogP contribution in [-0.2, 0) is 6.54 Å². The first kappa shape index (κ1) is 19.2. The molecule has 1 atom stereocenters. The van der Waals surface area contributed by atoms with Gasteiger partial charge in [-0.05, 0) is 17.7 Å². The van der Waals surface area contributed by atoms with E-state index in [4.69, 9.17) is 9.94 Å². The summed E-state index contributed by atoms with van der Waals surface area (Å²) in [4.78, 5) is 28.9. The molecule has 0 aliphatic carbocycles. The van der Waals surface area contributed by atoms with Gasteiger partial charge >= 0.3 is 6.03 Å². The summed E-state index contributed by atoms with van der Waals surface area (Å²) in [6, 6.07) is 14.5. The first-order valence-electron chi connectivity index (χ1n) is 9.69. The fourth-order valence-corrected chi connectivity index (χ4v) is 3.77. The molecule has 3 N–H and O–H groups in total. The lowest BCUT2D eigenvalue weighted by atomic mass is 10.1. The van der Waals surface area contributed by atoms with Crippen molar-refractivity contribution in [3.05, 3.63) is 65.2 Å². The average Bonchev–Trinajstić information content (AvgIpc) is 2.98. The van der Waals surface area contributed by atoms with Gasteiger partial charge in [-0.3, -0.25) is 10.0 Å². The summed E-state index contributed by atoms with van der Waals surface area (Å²) in [5.41, 5.74) is 3.75. The van der Waals surface area contributed by atoms with Crippen molar-refractivity contribution in [3.8, 4) is 5.75 Å². The third kappa shape index (κ3) is 4.03. The molecular weight excluding hydrogens is 372 g/mol. The molecule has 0 spiro atoms. The number of benzene rings is 2. The number of hydrogen-bond acceptors (Lipinski definition) is 5. The number of urea groups is 1. The Morgan fingerprint density at radius 1 is 1.10 bits per heavy atom. The highest BCUT2D eigenvalue weighted by molar-refractivity contribution is 5.93. The second-order valence-corrected chi connectivity index (χ2v) is 7.15. The summed E-state index contributed by atoms with van der Waals surface area (Å²) >= 11 is 0. The molecule has 29 heavy (non-hydrogen) atoms. The molecule has 0 radical (unpaired) electrons. The average molecular weight is 396 g/mol. The maximum Gasteiger partial charge on any atom is 0.321 e. The minimum Gasteiger partial charge on any atom is -0.491 e. The van der Waals surface area contributed by atoms with Gasteiger partial charge in [0.1, 0.15) is 12.4 Å². The molecule has 8 nitrogen and oxygen atoms in total. The number of hydrogen-bond donors (Lipinski definition) is 3. The van der Waals surface area contributed by atoms with Crippen LogP contribution in [0.1, 0.15) is 27.5 Å². The van der Waals surface area contributed by atoms with E-state index in [1.807, 2.05) is 40.1 Å². The molecule has 0 aromatic heterocycles. The Hall–Kier alpha value is -3.10. The number of ether oxygens (including phenoxy) is 1. The van der Waals surface area contributed by atoms with E-state index in [9.17, 15) is 9.59 Å². The maximum atomic E-state index is 13.4. The number of nitrogens with one attached hydrogen (secondary N) is 2. The molecule has 3 amide bonds. The van der Waals surface area contributed by atoms with Gasteiger partial charge in [0.15, 0.2) is 0 Å². The number of carbonyl (C=O) groups excluding carboxylic acids is 2. The summed E-state index contributed by atoms with van der Waals surface area (Å²) < 4.78 is 6.03. The Morgan fingerprint density at radius 3 is 2.59 bits per heavy atom. The molecule has 1 saturated heterocycles. The normalized spacial score (nSPS) is 19.0. The molecule has 4 rings (SSSR count). The van der Waals surface area contributed by atoms with Gasteiger partial charge in [0, 0.05) is 37.3 Å². The molecule has 8 heteroatoms. The van der Waals surface area contributed by atoms with Gasteiger partial charge in [-0.25, -0.2) is 10.3 Å². The number of fused-ring (bicyclic) bond motifs is 1. The lowest BCUT2D eigenvalue weighted by Crippen LogP contribution is -2.52. The summed E-state index contributed by atoms with van der Waals surface area (Å²) in [5, 5.41) is 12.2. The van der Waals surface area contributed by atoms with Crippen LogP contribution in [0.2, 0.25) is 0 Å². The number of nitrogens with zero attached hydrogens (tertiary/aromatic N) is 2. The highest BCUT2D eigenvalue weighted by Gasteiger charge is 2.33. The van der Waals surface area contributed by atoms with E-state index in [1.54, 1.807) is 23.7 Å². The van der Waals surface area contributed by atoms with Gasteiger partial charge in [0.05, 0.1) is 12.6 Å². The molecule has 2 aliphatic rings. The largest absolute Gasteiger partial charge is 0.491 e. The number of hydroxylamine groups is 1. The summed E-state index contributed by atoms with van der Waals surface area (Å²) in [6.07, 6.45) is 0. The lowest BCUT2D eigenvalue weighted by molar-refractivity contribution is 0.0706. The maximum absolute atomic E-state index is 13.4. The van der Waals surface area contributed by atoms with Crippen LogP contribution >= 0.6 is 0 Å². The van der Waals surface area contributed by atoms with Crippen molar-refractivity contribution in [3.63, 3.8) is 0 Å². The summed E-state index contributed by atoms with van der Waals surface area (Å²) in [6.45, 7) is 3.54. The van der Waals surface area contributed by atoms with Crippen molar-refractivity contribution in [1.82, 2.24) is 20.6 Å². The first-order valence-corrected chi connectivity index (χ1v) is 9.69. The first-order chi connectivity index (χ1) is 14.2. The zero-order valence-electron chi connectivity index (χ0n) is 16.0. The van der Waals surface area contributed by atoms with E-state index < -0.39 is 5.91 Å². The highest BCUT2D eigenvalue weighted by atomic mass is 16.5. The van der Waals surface area contributed by atoms with E-state index in [0.29, 0.717) is 30.9 Å². The lowest BCUT2D eigenvalue weighted by Gasteiger charge is -2.36. The van der Waals surface area contributed by atoms with Crippen LogP contribution in [0.15, 0.2) is 48.5 Å². The number of amides is 3. The van der Waals surface area contributed by atoms with Gasteiger partial charge in [0.2, 0.25) is 0 Å². The monoisotopic (exact) mass is 396 g/mol. The van der Waals surface area contributed by atoms with E-state index in [0.717, 1.165) is 24.2 Å². The van der Waals surface area contributed by atoms with Gasteiger partial charge in [-0.15, -0.1) is 0 Å². The van der Waals surface area contributed by atoms with Crippen molar-refractivity contribution in [2.24, 2.45) is 0 Å². The van der Waals surface area contributed by atoms with Crippen LogP contribution in [0.25, 0.3) is 0 Å². The van der Waals surface area contributed by atoms with Crippen LogP contribution in [0.3, 0.4) is 0 Å². The van der Waals surface area contributed by atoms with Crippen LogP contribution in [-0.4, -0.2) is 59.7 Å². The Morgan fingerprint density at radius 2 is 1.86 bits per heavy atom. The van der Waals surface area contributed by atoms with Crippen molar-refractivity contribution >= 4 is 11.9 Å². The number of carbonyl (C=O) groups is 2. The fourth-order valence-electron chi connectivity index (χ4n) is 3.77. The van der Waals surface area contributed by atoms with Crippen molar-refractivity contribution < 1.29 is 19.5 Å². The Bertz CT molecular complexity index is 884. The molecular formula is C21H24N4O4. The molecule has 152 valence electrons. The molecule has 2 aromatic carbocycles. The van der Waals surface area contributed by atoms with Crippen LogP contribution < -0.4 is 15.5 Å². The zero-order valence-corrected chi connectivity index (χ0v) is 16.0. The van der Waals surface area contributed by atoms with E-state index in [2.05, 4.69) is 5.32 Å². The van der Waals surface area contributed by atoms with E-state index in [1.165, 1.54) is 0 Å². The molecule has 2 aliphatic heterocycles. The van der Waals surface area contributed by atoms with Crippen LogP contribution in [0.5, 0.6) is 5.75 Å². The summed E-state index contributed by atoms with van der Waals surface area (Å²) in [5.74, 6) is -0.0587. The fraction of sp³-hybridized carbons (Fsp3) is 0.333. The zero-order chi connectivity index (χ0) is 20.2. The van der Waals surface area contributed by atoms with E-state index >= 15 is 0 Å². The predicted octanol–water partition coefficient (Wildman–Crippen LogP) is 1.77. The van der Waals surface area contributed by atoms with Gasteiger partial charge in [0.25, 0.3) is 5.91 Å². The quantitative estimate of drug-likeness (QED) is 0.531. The van der Waals surface area contributed by atoms with Crippen LogP contribution in [0, 0.1) is 0 Å². The van der Waals surface area contributed by atoms with Gasteiger partial charge in [-0.2, -0.15) is 0 Å². The molecule has 1 fully saturated rings. The second-order valence-electron chi connectivity index (χ2n) is 7.15. The second kappa shape index (κ2) is 8.50. The molecule has 0 bridgehead atoms. The third-order valence-electron chi connectivity index (χ3n) is 5.36. The number of rotatable bonds is 2. The summed E-state index contributed by atoms with van der Waals surface area (Å²) in [7, 11) is 0. The topological polar surface area (TPSA) is 94.1 Å². The van der Waals surface area contributed by atoms with Crippen molar-refractivity contribution in [2.75, 3.05) is 32.8 Å². The molecule has 2 aromatic rings. The predicted molar refractivity (Wildman–Crippen MR) is 106 cm³/mol. The van der Waals surface area contributed by atoms with Crippen LogP contribution in [0.4, 0.5) is 4.79 Å². The van der Waals surface area contributed by atoms with Gasteiger partial charge in [-0.1, -0.05) is 36.4 Å². The van der Waals surface area contributed by atoms with Gasteiger partial charge < -0.3 is 19.9 Å². The highest BCUT2D eigenvalue weighted by Crippen LogP contribution is 2.33. The Kier molecular flexibility index (Phi) is 5.64. The minimum atomic E-state index is -0.603. The van der Waals surface area contributed by atoms with Crippen molar-refractivity contribution in [2.45, 2.75) is 12.6 Å². The van der Waals surface area contributed by atoms with E-state index in [-0.39, 0.29) is 18.7 Å². The Balaban J connectivity index is 1.68. The standard InChI is InChI=1S/C21H24N4O4/c26-20(23-28)16-6-7-17-13-25(21(27)24-10-8-22-9-11-24)18(14-29-19(17)12-16)15-4-2-1-3-5-15/h1-7,12,18,22,28H,8-11,13-14H2,(H,23,26)/t18-/m1/s1. The molecule has 0 unspecified atom stereocenters. The molecule has 0 saturated carbocycles. The minimum absolute atomic E-state index is 0.0195. The Labute approximate surface area is 169 Å².